The molecule has 0 atom stereocenters. The Bertz CT molecular complexity index is 293. The van der Waals surface area contributed by atoms with Crippen LogP contribution in [0.3, 0.4) is 0 Å². The van der Waals surface area contributed by atoms with Crippen LogP contribution in [0.4, 0.5) is 0 Å². The molecule has 1 fully saturated rings. The van der Waals surface area contributed by atoms with Crippen molar-refractivity contribution in [1.29, 1.82) is 0 Å². The highest BCUT2D eigenvalue weighted by Crippen LogP contribution is 2.26. The van der Waals surface area contributed by atoms with E-state index in [-0.39, 0.29) is 5.91 Å². The summed E-state index contributed by atoms with van der Waals surface area (Å²) < 4.78 is 0. The minimum atomic E-state index is 0.255. The molecule has 1 saturated heterocycles. The molecular formula is C12H20N2OS. The highest BCUT2D eigenvalue weighted by Gasteiger charge is 2.25. The molecule has 2 heterocycles. The van der Waals surface area contributed by atoms with E-state index in [1.165, 1.54) is 0 Å². The number of rotatable bonds is 2. The molecule has 0 aliphatic carbocycles. The van der Waals surface area contributed by atoms with Crippen LogP contribution in [0, 0.1) is 0 Å². The number of amides is 1. The Morgan fingerprint density at radius 1 is 1.31 bits per heavy atom. The van der Waals surface area contributed by atoms with Gasteiger partial charge in [-0.1, -0.05) is 6.08 Å². The molecule has 0 N–H and O–H groups in total. The van der Waals surface area contributed by atoms with E-state index < -0.39 is 0 Å². The summed E-state index contributed by atoms with van der Waals surface area (Å²) in [5, 5.41) is 0. The van der Waals surface area contributed by atoms with Gasteiger partial charge in [-0.2, -0.15) is 0 Å². The summed E-state index contributed by atoms with van der Waals surface area (Å²) in [6.45, 7) is 8.23. The van der Waals surface area contributed by atoms with Crippen LogP contribution in [0.2, 0.25) is 0 Å². The third kappa shape index (κ3) is 2.61. The molecule has 0 aromatic heterocycles. The van der Waals surface area contributed by atoms with Crippen LogP contribution in [0.5, 0.6) is 0 Å². The summed E-state index contributed by atoms with van der Waals surface area (Å²) in [6, 6.07) is 0.595. The first-order chi connectivity index (χ1) is 7.68. The molecule has 0 saturated carbocycles. The first-order valence-corrected chi connectivity index (χ1v) is 7.03. The molecule has 0 aromatic rings. The van der Waals surface area contributed by atoms with Gasteiger partial charge < -0.3 is 4.90 Å². The highest BCUT2D eigenvalue weighted by molar-refractivity contribution is 8.04. The van der Waals surface area contributed by atoms with E-state index in [1.54, 1.807) is 11.8 Å². The lowest BCUT2D eigenvalue weighted by Crippen LogP contribution is -2.50. The number of nitrogens with zero attached hydrogens (tertiary/aromatic N) is 2. The maximum absolute atomic E-state index is 12.1. The van der Waals surface area contributed by atoms with Crippen molar-refractivity contribution in [3.63, 3.8) is 0 Å². The zero-order valence-corrected chi connectivity index (χ0v) is 10.9. The fourth-order valence-corrected chi connectivity index (χ4v) is 3.11. The predicted octanol–water partition coefficient (Wildman–Crippen LogP) is 1.56. The molecular weight excluding hydrogens is 220 g/mol. The molecule has 0 spiro atoms. The number of carbonyl (C=O) groups is 1. The summed E-state index contributed by atoms with van der Waals surface area (Å²) in [7, 11) is 0. The lowest BCUT2D eigenvalue weighted by atomic mass is 10.2. The first-order valence-electron chi connectivity index (χ1n) is 6.05. The van der Waals surface area contributed by atoms with Crippen molar-refractivity contribution in [1.82, 2.24) is 9.80 Å². The first kappa shape index (κ1) is 12.0. The second kappa shape index (κ2) is 5.23. The van der Waals surface area contributed by atoms with Crippen LogP contribution in [0.15, 0.2) is 11.0 Å². The SMILES string of the molecule is CC(C)N1CCN(C(=O)C2=CCCS2)CC1. The van der Waals surface area contributed by atoms with Crippen LogP contribution in [0.1, 0.15) is 20.3 Å². The maximum atomic E-state index is 12.1. The number of hydrogen-bond donors (Lipinski definition) is 0. The van der Waals surface area contributed by atoms with Crippen LogP contribution in [-0.4, -0.2) is 53.7 Å². The Morgan fingerprint density at radius 3 is 2.50 bits per heavy atom. The molecule has 0 radical (unpaired) electrons. The Kier molecular flexibility index (Phi) is 3.92. The van der Waals surface area contributed by atoms with Crippen LogP contribution in [-0.2, 0) is 4.79 Å². The molecule has 0 bridgehead atoms. The molecule has 90 valence electrons. The zero-order chi connectivity index (χ0) is 11.5. The average molecular weight is 240 g/mol. The molecule has 1 amide bonds. The number of carbonyl (C=O) groups excluding carboxylic acids is 1. The van der Waals surface area contributed by atoms with Gasteiger partial charge in [-0.05, 0) is 20.3 Å². The lowest BCUT2D eigenvalue weighted by molar-refractivity contribution is -0.128. The lowest BCUT2D eigenvalue weighted by Gasteiger charge is -2.37. The van der Waals surface area contributed by atoms with Gasteiger partial charge in [-0.3, -0.25) is 9.69 Å². The van der Waals surface area contributed by atoms with Gasteiger partial charge in [-0.15, -0.1) is 11.8 Å². The second-order valence-corrected chi connectivity index (χ2v) is 5.76. The molecule has 3 nitrogen and oxygen atoms in total. The van der Waals surface area contributed by atoms with Gasteiger partial charge in [0, 0.05) is 38.0 Å². The summed E-state index contributed by atoms with van der Waals surface area (Å²) in [4.78, 5) is 17.5. The second-order valence-electron chi connectivity index (χ2n) is 4.63. The fourth-order valence-electron chi connectivity index (χ4n) is 2.16. The van der Waals surface area contributed by atoms with Crippen LogP contribution < -0.4 is 0 Å². The van der Waals surface area contributed by atoms with Gasteiger partial charge in [0.15, 0.2) is 0 Å². The number of hydrogen-bond acceptors (Lipinski definition) is 3. The normalized spacial score (nSPS) is 22.7. The van der Waals surface area contributed by atoms with Crippen molar-refractivity contribution in [3.05, 3.63) is 11.0 Å². The van der Waals surface area contributed by atoms with E-state index in [0.717, 1.165) is 43.3 Å². The zero-order valence-electron chi connectivity index (χ0n) is 10.1. The minimum absolute atomic E-state index is 0.255. The number of thioether (sulfide) groups is 1. The van der Waals surface area contributed by atoms with Gasteiger partial charge >= 0.3 is 0 Å². The van der Waals surface area contributed by atoms with Crippen LogP contribution >= 0.6 is 11.8 Å². The Morgan fingerprint density at radius 2 is 2.00 bits per heavy atom. The summed E-state index contributed by atoms with van der Waals surface area (Å²) >= 11 is 1.71. The van der Waals surface area contributed by atoms with E-state index in [9.17, 15) is 4.79 Å². The van der Waals surface area contributed by atoms with Gasteiger partial charge in [0.05, 0.1) is 4.91 Å². The van der Waals surface area contributed by atoms with Crippen molar-refractivity contribution in [3.8, 4) is 0 Å². The highest BCUT2D eigenvalue weighted by atomic mass is 32.2. The van der Waals surface area contributed by atoms with Crippen molar-refractivity contribution < 1.29 is 4.79 Å². The molecule has 2 aliphatic heterocycles. The smallest absolute Gasteiger partial charge is 0.260 e. The molecule has 0 unspecified atom stereocenters. The Hall–Kier alpha value is -0.480. The maximum Gasteiger partial charge on any atom is 0.260 e. The van der Waals surface area contributed by atoms with Crippen molar-refractivity contribution in [2.45, 2.75) is 26.3 Å². The number of piperazine rings is 1. The minimum Gasteiger partial charge on any atom is -0.336 e. The average Bonchev–Trinajstić information content (AvgIpc) is 2.81. The number of allylic oxidation sites excluding steroid dienone is 1. The standard InChI is InChI=1S/C12H20N2OS/c1-10(2)13-5-7-14(8-6-13)12(15)11-4-3-9-16-11/h4,10H,3,5-9H2,1-2H3. The topological polar surface area (TPSA) is 23.6 Å². The predicted molar refractivity (Wildman–Crippen MR) is 68.4 cm³/mol. The Labute approximate surface area is 102 Å². The van der Waals surface area contributed by atoms with Crippen molar-refractivity contribution >= 4 is 17.7 Å². The van der Waals surface area contributed by atoms with Gasteiger partial charge in [0.25, 0.3) is 5.91 Å². The van der Waals surface area contributed by atoms with E-state index in [1.807, 2.05) is 4.90 Å². The van der Waals surface area contributed by atoms with Crippen LogP contribution in [0.25, 0.3) is 0 Å². The van der Waals surface area contributed by atoms with Gasteiger partial charge in [0.1, 0.15) is 0 Å². The van der Waals surface area contributed by atoms with E-state index in [0.29, 0.717) is 6.04 Å². The monoisotopic (exact) mass is 240 g/mol. The molecule has 0 aromatic carbocycles. The van der Waals surface area contributed by atoms with E-state index in [2.05, 4.69) is 24.8 Å². The summed E-state index contributed by atoms with van der Waals surface area (Å²) in [6.07, 6.45) is 3.14. The molecule has 4 heteroatoms. The Balaban J connectivity index is 1.86. The van der Waals surface area contributed by atoms with Gasteiger partial charge in [0.2, 0.25) is 0 Å². The molecule has 2 rings (SSSR count). The summed E-state index contributed by atoms with van der Waals surface area (Å²) in [5.41, 5.74) is 0. The summed E-state index contributed by atoms with van der Waals surface area (Å²) in [5.74, 6) is 1.33. The van der Waals surface area contributed by atoms with E-state index >= 15 is 0 Å². The molecule has 2 aliphatic rings. The fraction of sp³-hybridized carbons (Fsp3) is 0.750. The van der Waals surface area contributed by atoms with Crippen molar-refractivity contribution in [2.24, 2.45) is 0 Å². The third-order valence-corrected chi connectivity index (χ3v) is 4.34. The van der Waals surface area contributed by atoms with Crippen molar-refractivity contribution in [2.75, 3.05) is 31.9 Å². The largest absolute Gasteiger partial charge is 0.336 e. The molecule has 16 heavy (non-hydrogen) atoms. The quantitative estimate of drug-likeness (QED) is 0.732. The van der Waals surface area contributed by atoms with Gasteiger partial charge in [-0.25, -0.2) is 0 Å². The van der Waals surface area contributed by atoms with E-state index in [4.69, 9.17) is 0 Å². The third-order valence-electron chi connectivity index (χ3n) is 3.25.